The van der Waals surface area contributed by atoms with Crippen LogP contribution in [0.1, 0.15) is 22.3 Å². The van der Waals surface area contributed by atoms with Gasteiger partial charge in [0.15, 0.2) is 11.6 Å². The Morgan fingerprint density at radius 3 is 2.45 bits per heavy atom. The van der Waals surface area contributed by atoms with Gasteiger partial charge in [-0.3, -0.25) is 9.59 Å². The average Bonchev–Trinajstić information content (AvgIpc) is 2.55. The van der Waals surface area contributed by atoms with Gasteiger partial charge >= 0.3 is 0 Å². The van der Waals surface area contributed by atoms with Gasteiger partial charge in [-0.1, -0.05) is 65.8 Å². The number of carbonyl (C=O) groups excluding carboxylic acids is 2. The normalized spacial score (nSPS) is 10.2. The van der Waals surface area contributed by atoms with Crippen LogP contribution in [0.3, 0.4) is 0 Å². The molecule has 0 saturated carbocycles. The Hall–Kier alpha value is -3.17. The van der Waals surface area contributed by atoms with Crippen LogP contribution in [-0.2, 0) is 4.79 Å². The van der Waals surface area contributed by atoms with E-state index in [0.717, 1.165) is 0 Å². The molecule has 2 aromatic rings. The summed E-state index contributed by atoms with van der Waals surface area (Å²) in [6, 6.07) is 15.6. The quantitative estimate of drug-likeness (QED) is 0.196. The van der Waals surface area contributed by atoms with Crippen molar-refractivity contribution in [2.75, 3.05) is 0 Å². The van der Waals surface area contributed by atoms with Crippen LogP contribution in [0.4, 0.5) is 5.69 Å². The fourth-order valence-corrected chi connectivity index (χ4v) is 1.89. The van der Waals surface area contributed by atoms with Crippen molar-refractivity contribution in [3.05, 3.63) is 82.2 Å². The average molecular weight is 291 g/mol. The molecule has 0 spiro atoms. The van der Waals surface area contributed by atoms with Crippen LogP contribution in [0.5, 0.6) is 0 Å². The van der Waals surface area contributed by atoms with Crippen molar-refractivity contribution >= 4 is 23.3 Å². The zero-order valence-corrected chi connectivity index (χ0v) is 11.7. The maximum absolute atomic E-state index is 11.9. The molecule has 2 rings (SSSR count). The number of hydrogen-bond donors (Lipinski definition) is 0. The summed E-state index contributed by atoms with van der Waals surface area (Å²) < 4.78 is 0. The molecule has 0 aliphatic carbocycles. The summed E-state index contributed by atoms with van der Waals surface area (Å²) in [5.41, 5.74) is 10.1. The summed E-state index contributed by atoms with van der Waals surface area (Å²) in [6.07, 6.45) is 2.68. The lowest BCUT2D eigenvalue weighted by Gasteiger charge is -1.99. The van der Waals surface area contributed by atoms with Crippen molar-refractivity contribution in [3.63, 3.8) is 0 Å². The minimum absolute atomic E-state index is 0.190. The number of azide groups is 1. The molecule has 108 valence electrons. The molecule has 5 heteroatoms. The molecule has 0 atom stereocenters. The molecule has 2 aromatic carbocycles. The van der Waals surface area contributed by atoms with Crippen molar-refractivity contribution in [2.24, 2.45) is 5.11 Å². The van der Waals surface area contributed by atoms with E-state index in [0.29, 0.717) is 16.8 Å². The van der Waals surface area contributed by atoms with Crippen LogP contribution in [0.15, 0.2) is 65.8 Å². The van der Waals surface area contributed by atoms with Crippen LogP contribution in [0.25, 0.3) is 16.5 Å². The first-order valence-electron chi connectivity index (χ1n) is 6.64. The van der Waals surface area contributed by atoms with Crippen LogP contribution < -0.4 is 0 Å². The molecular weight excluding hydrogens is 278 g/mol. The molecule has 0 amide bonds. The Morgan fingerprint density at radius 1 is 1.05 bits per heavy atom. The number of rotatable bonds is 6. The van der Waals surface area contributed by atoms with Gasteiger partial charge in [-0.05, 0) is 17.2 Å². The molecular formula is C17H13N3O2. The van der Waals surface area contributed by atoms with Gasteiger partial charge in [0.1, 0.15) is 0 Å². The first kappa shape index (κ1) is 15.2. The number of benzene rings is 2. The Balaban J connectivity index is 2.06. The SMILES string of the molecule is [N-]=[N+]=Nc1ccccc1/C=C/C(=O)CC(=O)c1ccccc1. The van der Waals surface area contributed by atoms with Crippen LogP contribution in [0.2, 0.25) is 0 Å². The largest absolute Gasteiger partial charge is 0.294 e. The molecule has 0 aromatic heterocycles. The van der Waals surface area contributed by atoms with Gasteiger partial charge in [-0.25, -0.2) is 0 Å². The topological polar surface area (TPSA) is 82.9 Å². The van der Waals surface area contributed by atoms with Gasteiger partial charge in [-0.15, -0.1) is 0 Å². The second-order valence-corrected chi connectivity index (χ2v) is 4.51. The van der Waals surface area contributed by atoms with E-state index >= 15 is 0 Å². The fourth-order valence-electron chi connectivity index (χ4n) is 1.89. The Kier molecular flexibility index (Phi) is 5.24. The highest BCUT2D eigenvalue weighted by Crippen LogP contribution is 2.20. The molecule has 0 saturated heterocycles. The number of hydrogen-bond acceptors (Lipinski definition) is 3. The lowest BCUT2D eigenvalue weighted by molar-refractivity contribution is -0.113. The third-order valence-corrected chi connectivity index (χ3v) is 2.97. The van der Waals surface area contributed by atoms with Crippen molar-refractivity contribution in [3.8, 4) is 0 Å². The number of carbonyl (C=O) groups is 2. The van der Waals surface area contributed by atoms with Crippen molar-refractivity contribution in [1.29, 1.82) is 0 Å². The van der Waals surface area contributed by atoms with Crippen molar-refractivity contribution < 1.29 is 9.59 Å². The van der Waals surface area contributed by atoms with E-state index in [2.05, 4.69) is 10.0 Å². The van der Waals surface area contributed by atoms with E-state index in [1.54, 1.807) is 54.6 Å². The van der Waals surface area contributed by atoms with Crippen molar-refractivity contribution in [2.45, 2.75) is 6.42 Å². The second-order valence-electron chi connectivity index (χ2n) is 4.51. The summed E-state index contributed by atoms with van der Waals surface area (Å²) in [5.74, 6) is -0.525. The van der Waals surface area contributed by atoms with E-state index in [1.807, 2.05) is 6.07 Å². The lowest BCUT2D eigenvalue weighted by Crippen LogP contribution is -2.05. The zero-order chi connectivity index (χ0) is 15.8. The predicted molar refractivity (Wildman–Crippen MR) is 84.7 cm³/mol. The van der Waals surface area contributed by atoms with E-state index in [1.165, 1.54) is 6.08 Å². The van der Waals surface area contributed by atoms with Gasteiger partial charge in [0.25, 0.3) is 0 Å². The Morgan fingerprint density at radius 2 is 1.73 bits per heavy atom. The standard InChI is InChI=1S/C17H13N3O2/c18-20-19-16-9-5-4-6-13(16)10-11-15(21)12-17(22)14-7-2-1-3-8-14/h1-11H,12H2/b11-10+. The van der Waals surface area contributed by atoms with Crippen LogP contribution in [-0.4, -0.2) is 11.6 Å². The Bertz CT molecular complexity index is 760. The van der Waals surface area contributed by atoms with E-state index in [-0.39, 0.29) is 18.0 Å². The van der Waals surface area contributed by atoms with Crippen LogP contribution >= 0.6 is 0 Å². The number of ketones is 2. The highest BCUT2D eigenvalue weighted by molar-refractivity contribution is 6.12. The maximum Gasteiger partial charge on any atom is 0.170 e. The second kappa shape index (κ2) is 7.57. The van der Waals surface area contributed by atoms with Gasteiger partial charge in [-0.2, -0.15) is 0 Å². The molecule has 5 nitrogen and oxygen atoms in total. The smallest absolute Gasteiger partial charge is 0.170 e. The van der Waals surface area contributed by atoms with E-state index in [4.69, 9.17) is 5.53 Å². The monoisotopic (exact) mass is 291 g/mol. The molecule has 0 fully saturated rings. The van der Waals surface area contributed by atoms with Gasteiger partial charge in [0, 0.05) is 16.2 Å². The summed E-state index contributed by atoms with van der Waals surface area (Å²) in [5, 5.41) is 3.54. The Labute approximate surface area is 127 Å². The highest BCUT2D eigenvalue weighted by atomic mass is 16.1. The van der Waals surface area contributed by atoms with E-state index < -0.39 is 0 Å². The third kappa shape index (κ3) is 4.16. The highest BCUT2D eigenvalue weighted by Gasteiger charge is 2.09. The van der Waals surface area contributed by atoms with Crippen LogP contribution in [0, 0.1) is 0 Å². The summed E-state index contributed by atoms with van der Waals surface area (Å²) in [6.45, 7) is 0. The number of allylic oxidation sites excluding steroid dienone is 1. The molecule has 0 radical (unpaired) electrons. The minimum atomic E-state index is -0.301. The molecule has 0 unspecified atom stereocenters. The molecule has 0 heterocycles. The summed E-state index contributed by atoms with van der Waals surface area (Å²) >= 11 is 0. The molecule has 0 N–H and O–H groups in total. The number of nitrogens with zero attached hydrogens (tertiary/aromatic N) is 3. The maximum atomic E-state index is 11.9. The molecule has 0 aliphatic rings. The summed E-state index contributed by atoms with van der Waals surface area (Å²) in [4.78, 5) is 26.5. The van der Waals surface area contributed by atoms with Gasteiger partial charge < -0.3 is 0 Å². The fraction of sp³-hybridized carbons (Fsp3) is 0.0588. The van der Waals surface area contributed by atoms with Gasteiger partial charge in [0.2, 0.25) is 0 Å². The van der Waals surface area contributed by atoms with E-state index in [9.17, 15) is 9.59 Å². The molecule has 0 bridgehead atoms. The first-order chi connectivity index (χ1) is 10.7. The predicted octanol–water partition coefficient (Wildman–Crippen LogP) is 4.48. The summed E-state index contributed by atoms with van der Waals surface area (Å²) in [7, 11) is 0. The first-order valence-corrected chi connectivity index (χ1v) is 6.64. The third-order valence-electron chi connectivity index (χ3n) is 2.97. The van der Waals surface area contributed by atoms with Crippen molar-refractivity contribution in [1.82, 2.24) is 0 Å². The molecule has 0 aliphatic heterocycles. The zero-order valence-electron chi connectivity index (χ0n) is 11.7. The number of Topliss-reactive ketones (excluding diaryl/α,β-unsaturated/α-hetero) is 1. The lowest BCUT2D eigenvalue weighted by atomic mass is 10.1. The van der Waals surface area contributed by atoms with Gasteiger partial charge in [0.05, 0.1) is 6.42 Å². The minimum Gasteiger partial charge on any atom is -0.294 e. The molecule has 22 heavy (non-hydrogen) atoms.